The molecular weight excluding hydrogens is 183 g/mol. The van der Waals surface area contributed by atoms with Crippen molar-refractivity contribution < 1.29 is 4.74 Å². The van der Waals surface area contributed by atoms with Crippen LogP contribution in [0.4, 0.5) is 0 Å². The van der Waals surface area contributed by atoms with E-state index in [2.05, 4.69) is 0 Å². The van der Waals surface area contributed by atoms with Crippen LogP contribution in [-0.2, 0) is 4.74 Å². The van der Waals surface area contributed by atoms with Crippen molar-refractivity contribution in [1.29, 1.82) is 0 Å². The molecule has 0 aromatic heterocycles. The van der Waals surface area contributed by atoms with Crippen molar-refractivity contribution in [3.63, 3.8) is 0 Å². The first-order chi connectivity index (χ1) is 2.93. The molecular formula is C4H8OSn. The van der Waals surface area contributed by atoms with Gasteiger partial charge in [-0.3, -0.25) is 0 Å². The average molecular weight is 191 g/mol. The zero-order chi connectivity index (χ0) is 4.41. The standard InChI is InChI=1S/C4H7O.Sn.H/c1-5-4-2-3-4;;/h4H,1-3H2;;. The van der Waals surface area contributed by atoms with Crippen molar-refractivity contribution in [1.82, 2.24) is 0 Å². The molecule has 6 heavy (non-hydrogen) atoms. The monoisotopic (exact) mass is 192 g/mol. The fourth-order valence-electron chi connectivity index (χ4n) is 0.371. The van der Waals surface area contributed by atoms with Crippen LogP contribution in [0.2, 0.25) is 0 Å². The molecule has 0 heterocycles. The Kier molecular flexibility index (Phi) is 1.77. The Labute approximate surface area is 51.2 Å². The normalized spacial score (nSPS) is 21.5. The summed E-state index contributed by atoms with van der Waals surface area (Å²) in [6.07, 6.45) is 3.32. The summed E-state index contributed by atoms with van der Waals surface area (Å²) >= 11 is 1.26. The molecule has 0 spiro atoms. The van der Waals surface area contributed by atoms with Crippen LogP contribution < -0.4 is 0 Å². The predicted octanol–water partition coefficient (Wildman–Crippen LogP) is 0.0237. The molecule has 1 aliphatic rings. The molecule has 1 fully saturated rings. The van der Waals surface area contributed by atoms with Crippen molar-refractivity contribution in [3.05, 3.63) is 0 Å². The Bertz CT molecular complexity index is 42.8. The van der Waals surface area contributed by atoms with Gasteiger partial charge in [0.25, 0.3) is 0 Å². The topological polar surface area (TPSA) is 9.23 Å². The van der Waals surface area contributed by atoms with Crippen LogP contribution in [0.1, 0.15) is 12.8 Å². The molecule has 0 amide bonds. The summed E-state index contributed by atoms with van der Waals surface area (Å²) in [6, 6.07) is 0. The predicted molar refractivity (Wildman–Crippen MR) is 26.1 cm³/mol. The minimum absolute atomic E-state index is 0.681. The van der Waals surface area contributed by atoms with Crippen LogP contribution in [-0.4, -0.2) is 33.3 Å². The van der Waals surface area contributed by atoms with E-state index in [4.69, 9.17) is 4.74 Å². The van der Waals surface area contributed by atoms with Crippen molar-refractivity contribution in [3.8, 4) is 0 Å². The third-order valence-corrected chi connectivity index (χ3v) is 1.41. The molecule has 0 aromatic carbocycles. The van der Waals surface area contributed by atoms with Gasteiger partial charge in [0.1, 0.15) is 0 Å². The van der Waals surface area contributed by atoms with E-state index in [1.807, 2.05) is 0 Å². The molecule has 0 unspecified atom stereocenters. The van der Waals surface area contributed by atoms with E-state index in [1.165, 1.54) is 35.4 Å². The Hall–Kier alpha value is 0.759. The van der Waals surface area contributed by atoms with E-state index < -0.39 is 0 Å². The van der Waals surface area contributed by atoms with Gasteiger partial charge in [-0.25, -0.2) is 0 Å². The first-order valence-corrected chi connectivity index (χ1v) is 4.58. The van der Waals surface area contributed by atoms with Crippen LogP contribution in [0.3, 0.4) is 0 Å². The minimum atomic E-state index is 0.681. The van der Waals surface area contributed by atoms with Gasteiger partial charge in [0.05, 0.1) is 0 Å². The van der Waals surface area contributed by atoms with Crippen LogP contribution in [0.5, 0.6) is 0 Å². The molecule has 0 aliphatic heterocycles. The van der Waals surface area contributed by atoms with Gasteiger partial charge < -0.3 is 0 Å². The second-order valence-corrected chi connectivity index (χ2v) is 2.48. The van der Waals surface area contributed by atoms with Crippen LogP contribution in [0.15, 0.2) is 0 Å². The summed E-state index contributed by atoms with van der Waals surface area (Å²) < 4.78 is 6.23. The molecule has 34 valence electrons. The third kappa shape index (κ3) is 1.47. The molecule has 0 atom stereocenters. The molecule has 0 aromatic rings. The van der Waals surface area contributed by atoms with E-state index in [0.717, 1.165) is 4.62 Å². The summed E-state index contributed by atoms with van der Waals surface area (Å²) in [5.74, 6) is 0. The van der Waals surface area contributed by atoms with Crippen LogP contribution in [0.25, 0.3) is 0 Å². The summed E-state index contributed by atoms with van der Waals surface area (Å²) in [5.41, 5.74) is 0. The van der Waals surface area contributed by atoms with E-state index in [9.17, 15) is 0 Å². The van der Waals surface area contributed by atoms with Gasteiger partial charge in [-0.1, -0.05) is 0 Å². The summed E-state index contributed by atoms with van der Waals surface area (Å²) in [6.45, 7) is 0. The second-order valence-electron chi connectivity index (χ2n) is 1.53. The Balaban J connectivity index is 1.88. The molecule has 0 N–H and O–H groups in total. The summed E-state index contributed by atoms with van der Waals surface area (Å²) in [5, 5.41) is 0. The van der Waals surface area contributed by atoms with E-state index in [-0.39, 0.29) is 0 Å². The van der Waals surface area contributed by atoms with Crippen molar-refractivity contribution in [2.45, 2.75) is 18.9 Å². The third-order valence-electron chi connectivity index (χ3n) is 0.856. The maximum absolute atomic E-state index is 5.21. The molecule has 1 nitrogen and oxygen atoms in total. The molecule has 1 aliphatic carbocycles. The van der Waals surface area contributed by atoms with Gasteiger partial charge >= 0.3 is 50.8 Å². The number of hydrogen-bond donors (Lipinski definition) is 0. The van der Waals surface area contributed by atoms with Crippen molar-refractivity contribution >= 4 is 22.5 Å². The first kappa shape index (κ1) is 4.91. The number of hydrogen-bond acceptors (Lipinski definition) is 1. The molecule has 2 heteroatoms. The van der Waals surface area contributed by atoms with E-state index in [1.54, 1.807) is 0 Å². The Morgan fingerprint density at radius 2 is 2.33 bits per heavy atom. The van der Waals surface area contributed by atoms with Crippen LogP contribution in [0, 0.1) is 0 Å². The van der Waals surface area contributed by atoms with Gasteiger partial charge in [0, 0.05) is 0 Å². The van der Waals surface area contributed by atoms with E-state index in [0.29, 0.717) is 6.10 Å². The molecule has 1 saturated carbocycles. The molecule has 0 saturated heterocycles. The van der Waals surface area contributed by atoms with Gasteiger partial charge in [-0.05, 0) is 0 Å². The van der Waals surface area contributed by atoms with Gasteiger partial charge in [0.15, 0.2) is 0 Å². The van der Waals surface area contributed by atoms with Crippen molar-refractivity contribution in [2.75, 3.05) is 4.62 Å². The molecule has 1 rings (SSSR count). The first-order valence-electron chi connectivity index (χ1n) is 2.25. The Morgan fingerprint density at radius 3 is 2.50 bits per heavy atom. The van der Waals surface area contributed by atoms with Crippen LogP contribution >= 0.6 is 0 Å². The zero-order valence-electron chi connectivity index (χ0n) is 3.68. The average Bonchev–Trinajstić information content (AvgIpc) is 2.21. The fraction of sp³-hybridized carbons (Fsp3) is 1.00. The summed E-state index contributed by atoms with van der Waals surface area (Å²) in [4.78, 5) is 0. The van der Waals surface area contributed by atoms with E-state index >= 15 is 0 Å². The second kappa shape index (κ2) is 2.17. The zero-order valence-corrected chi connectivity index (χ0v) is 6.98. The van der Waals surface area contributed by atoms with Gasteiger partial charge in [-0.2, -0.15) is 0 Å². The number of rotatable bonds is 2. The molecule has 0 bridgehead atoms. The summed E-state index contributed by atoms with van der Waals surface area (Å²) in [7, 11) is 0. The van der Waals surface area contributed by atoms with Gasteiger partial charge in [-0.15, -0.1) is 0 Å². The SMILES string of the molecule is [SnH][CH2]OC1CC1. The fourth-order valence-corrected chi connectivity index (χ4v) is 1.15. The van der Waals surface area contributed by atoms with Gasteiger partial charge in [0.2, 0.25) is 0 Å². The Morgan fingerprint density at radius 1 is 1.67 bits per heavy atom. The quantitative estimate of drug-likeness (QED) is 0.559. The molecule has 2 radical (unpaired) electrons. The van der Waals surface area contributed by atoms with Crippen molar-refractivity contribution in [2.24, 2.45) is 0 Å². The number of ether oxygens (including phenoxy) is 1. The maximum atomic E-state index is 5.21.